The standard InChI is InChI=1S/C21H34N4O3.HI/c1-7-22-19(23-12-16-10-14(2)18(26)15(3)11-16)25-9-8-17(13-25)24-20(27)28-21(4,5)6;/h10-11,17,26H,7-9,12-13H2,1-6H3,(H,22,23)(H,24,27);1H. The van der Waals surface area contributed by atoms with E-state index in [4.69, 9.17) is 9.73 Å². The highest BCUT2D eigenvalue weighted by Gasteiger charge is 2.27. The molecule has 3 N–H and O–H groups in total. The number of guanidine groups is 1. The first kappa shape index (κ1) is 25.3. The molecule has 0 radical (unpaired) electrons. The number of aryl methyl sites for hydroxylation is 2. The van der Waals surface area contributed by atoms with Crippen molar-refractivity contribution >= 4 is 36.0 Å². The third kappa shape index (κ3) is 7.91. The highest BCUT2D eigenvalue weighted by atomic mass is 127. The normalized spacial score (nSPS) is 17.0. The molecule has 29 heavy (non-hydrogen) atoms. The van der Waals surface area contributed by atoms with Gasteiger partial charge in [-0.05, 0) is 64.7 Å². The number of likely N-dealkylation sites (tertiary alicyclic amines) is 1. The predicted octanol–water partition coefficient (Wildman–Crippen LogP) is 3.69. The van der Waals surface area contributed by atoms with E-state index in [0.29, 0.717) is 18.8 Å². The maximum atomic E-state index is 12.0. The number of halogens is 1. The second-order valence-corrected chi connectivity index (χ2v) is 8.33. The van der Waals surface area contributed by atoms with Crippen LogP contribution in [0.4, 0.5) is 4.79 Å². The Morgan fingerprint density at radius 3 is 2.48 bits per heavy atom. The van der Waals surface area contributed by atoms with Gasteiger partial charge in [0.25, 0.3) is 0 Å². The third-order valence-electron chi connectivity index (χ3n) is 4.51. The van der Waals surface area contributed by atoms with Crippen LogP contribution < -0.4 is 10.6 Å². The van der Waals surface area contributed by atoms with Gasteiger partial charge in [-0.25, -0.2) is 9.79 Å². The van der Waals surface area contributed by atoms with Crippen LogP contribution in [0, 0.1) is 13.8 Å². The van der Waals surface area contributed by atoms with E-state index in [1.165, 1.54) is 0 Å². The topological polar surface area (TPSA) is 86.2 Å². The van der Waals surface area contributed by atoms with Crippen LogP contribution in [0.1, 0.15) is 50.8 Å². The number of rotatable bonds is 4. The van der Waals surface area contributed by atoms with Gasteiger partial charge in [0.2, 0.25) is 0 Å². The molecule has 0 spiro atoms. The van der Waals surface area contributed by atoms with Crippen LogP contribution in [-0.2, 0) is 11.3 Å². The van der Waals surface area contributed by atoms with Crippen molar-refractivity contribution in [3.8, 4) is 5.75 Å². The molecule has 164 valence electrons. The van der Waals surface area contributed by atoms with E-state index in [1.54, 1.807) is 0 Å². The van der Waals surface area contributed by atoms with Gasteiger partial charge in [-0.3, -0.25) is 0 Å². The number of amides is 1. The lowest BCUT2D eigenvalue weighted by Gasteiger charge is -2.23. The summed E-state index contributed by atoms with van der Waals surface area (Å²) in [6, 6.07) is 3.97. The van der Waals surface area contributed by atoms with Crippen molar-refractivity contribution in [1.29, 1.82) is 0 Å². The van der Waals surface area contributed by atoms with Gasteiger partial charge in [0.1, 0.15) is 11.4 Å². The van der Waals surface area contributed by atoms with Gasteiger partial charge < -0.3 is 25.4 Å². The molecular weight excluding hydrogens is 483 g/mol. The number of carbonyl (C=O) groups is 1. The van der Waals surface area contributed by atoms with Crippen LogP contribution >= 0.6 is 24.0 Å². The molecule has 1 aliphatic rings. The SMILES string of the molecule is CCNC(=NCc1cc(C)c(O)c(C)c1)N1CCC(NC(=O)OC(C)(C)C)C1.I. The third-order valence-corrected chi connectivity index (χ3v) is 4.51. The Morgan fingerprint density at radius 2 is 1.93 bits per heavy atom. The van der Waals surface area contributed by atoms with Gasteiger partial charge in [0.15, 0.2) is 5.96 Å². The van der Waals surface area contributed by atoms with E-state index >= 15 is 0 Å². The highest BCUT2D eigenvalue weighted by Crippen LogP contribution is 2.23. The summed E-state index contributed by atoms with van der Waals surface area (Å²) in [6.45, 7) is 14.2. The summed E-state index contributed by atoms with van der Waals surface area (Å²) in [5.74, 6) is 1.18. The van der Waals surface area contributed by atoms with Crippen LogP contribution in [0.25, 0.3) is 0 Å². The van der Waals surface area contributed by atoms with Gasteiger partial charge in [-0.2, -0.15) is 0 Å². The zero-order valence-corrected chi connectivity index (χ0v) is 20.7. The van der Waals surface area contributed by atoms with E-state index < -0.39 is 5.60 Å². The van der Waals surface area contributed by atoms with Gasteiger partial charge in [-0.1, -0.05) is 12.1 Å². The van der Waals surface area contributed by atoms with Crippen LogP contribution in [0.15, 0.2) is 17.1 Å². The zero-order chi connectivity index (χ0) is 20.9. The molecule has 1 aliphatic heterocycles. The number of phenolic OH excluding ortho intramolecular Hbond substituents is 1. The van der Waals surface area contributed by atoms with Crippen LogP contribution in [-0.4, -0.2) is 53.3 Å². The van der Waals surface area contributed by atoms with Crippen molar-refractivity contribution in [3.63, 3.8) is 0 Å². The van der Waals surface area contributed by atoms with Crippen molar-refractivity contribution in [2.75, 3.05) is 19.6 Å². The monoisotopic (exact) mass is 518 g/mol. The maximum Gasteiger partial charge on any atom is 0.407 e. The number of aliphatic imine (C=N–C) groups is 1. The molecule has 1 amide bonds. The Kier molecular flexibility index (Phi) is 9.51. The predicted molar refractivity (Wildman–Crippen MR) is 127 cm³/mol. The van der Waals surface area contributed by atoms with Crippen LogP contribution in [0.2, 0.25) is 0 Å². The fraction of sp³-hybridized carbons (Fsp3) is 0.619. The molecule has 1 heterocycles. The molecule has 1 aromatic rings. The maximum absolute atomic E-state index is 12.0. The number of nitrogens with zero attached hydrogens (tertiary/aromatic N) is 2. The second kappa shape index (κ2) is 10.9. The molecule has 0 aliphatic carbocycles. The first-order valence-corrected chi connectivity index (χ1v) is 9.91. The Hall–Kier alpha value is -1.71. The summed E-state index contributed by atoms with van der Waals surface area (Å²) < 4.78 is 5.35. The molecule has 1 fully saturated rings. The first-order chi connectivity index (χ1) is 13.1. The average Bonchev–Trinajstić information content (AvgIpc) is 3.02. The number of nitrogens with one attached hydrogen (secondary N) is 2. The van der Waals surface area contributed by atoms with Gasteiger partial charge in [-0.15, -0.1) is 24.0 Å². The highest BCUT2D eigenvalue weighted by molar-refractivity contribution is 14.0. The summed E-state index contributed by atoms with van der Waals surface area (Å²) in [5.41, 5.74) is 2.28. The van der Waals surface area contributed by atoms with Crippen LogP contribution in [0.3, 0.4) is 0 Å². The largest absolute Gasteiger partial charge is 0.507 e. The van der Waals surface area contributed by atoms with Crippen molar-refractivity contribution in [3.05, 3.63) is 28.8 Å². The number of phenols is 1. The lowest BCUT2D eigenvalue weighted by Crippen LogP contribution is -2.44. The number of carbonyl (C=O) groups excluding carboxylic acids is 1. The molecular formula is C21H35IN4O3. The van der Waals surface area contributed by atoms with Crippen molar-refractivity contribution in [1.82, 2.24) is 15.5 Å². The fourth-order valence-electron chi connectivity index (χ4n) is 3.27. The molecule has 1 aromatic carbocycles. The van der Waals surface area contributed by atoms with Crippen molar-refractivity contribution < 1.29 is 14.6 Å². The zero-order valence-electron chi connectivity index (χ0n) is 18.3. The first-order valence-electron chi connectivity index (χ1n) is 9.91. The number of aromatic hydroxyl groups is 1. The second-order valence-electron chi connectivity index (χ2n) is 8.33. The minimum atomic E-state index is -0.501. The summed E-state index contributed by atoms with van der Waals surface area (Å²) in [6.07, 6.45) is 0.470. The van der Waals surface area contributed by atoms with Crippen molar-refractivity contribution in [2.45, 2.75) is 66.2 Å². The molecule has 8 heteroatoms. The van der Waals surface area contributed by atoms with Crippen LogP contribution in [0.5, 0.6) is 5.75 Å². The van der Waals surface area contributed by atoms with E-state index in [2.05, 4.69) is 15.5 Å². The van der Waals surface area contributed by atoms with Crippen molar-refractivity contribution in [2.24, 2.45) is 4.99 Å². The van der Waals surface area contributed by atoms with Gasteiger partial charge >= 0.3 is 6.09 Å². The minimum Gasteiger partial charge on any atom is -0.507 e. The lowest BCUT2D eigenvalue weighted by molar-refractivity contribution is 0.0507. The molecule has 0 bridgehead atoms. The number of hydrogen-bond acceptors (Lipinski definition) is 4. The van der Waals surface area contributed by atoms with Gasteiger partial charge in [0, 0.05) is 19.6 Å². The van der Waals surface area contributed by atoms with E-state index in [-0.39, 0.29) is 36.1 Å². The lowest BCUT2D eigenvalue weighted by atomic mass is 10.1. The Bertz CT molecular complexity index is 708. The number of hydrogen-bond donors (Lipinski definition) is 3. The van der Waals surface area contributed by atoms with E-state index in [9.17, 15) is 9.90 Å². The van der Waals surface area contributed by atoms with E-state index in [1.807, 2.05) is 53.7 Å². The Morgan fingerprint density at radius 1 is 1.31 bits per heavy atom. The smallest absolute Gasteiger partial charge is 0.407 e. The summed E-state index contributed by atoms with van der Waals surface area (Å²) in [7, 11) is 0. The number of ether oxygens (including phenoxy) is 1. The molecule has 7 nitrogen and oxygen atoms in total. The molecule has 0 saturated carbocycles. The molecule has 1 unspecified atom stereocenters. The molecule has 1 saturated heterocycles. The quantitative estimate of drug-likeness (QED) is 0.322. The van der Waals surface area contributed by atoms with E-state index in [0.717, 1.165) is 42.2 Å². The summed E-state index contributed by atoms with van der Waals surface area (Å²) in [5, 5.41) is 16.2. The fourth-order valence-corrected chi connectivity index (χ4v) is 3.27. The summed E-state index contributed by atoms with van der Waals surface area (Å²) in [4.78, 5) is 18.9. The Labute approximate surface area is 191 Å². The summed E-state index contributed by atoms with van der Waals surface area (Å²) >= 11 is 0. The minimum absolute atomic E-state index is 0. The number of alkyl carbamates (subject to hydrolysis) is 1. The number of benzene rings is 1. The molecule has 1 atom stereocenters. The van der Waals surface area contributed by atoms with Gasteiger partial charge in [0.05, 0.1) is 12.6 Å². The Balaban J connectivity index is 0.00000420. The average molecular weight is 518 g/mol. The molecule has 0 aromatic heterocycles. The molecule has 2 rings (SSSR count).